The first-order chi connectivity index (χ1) is 12.1. The van der Waals surface area contributed by atoms with Crippen molar-refractivity contribution in [3.63, 3.8) is 0 Å². The minimum absolute atomic E-state index is 0.717. The minimum atomic E-state index is 0.717. The molecule has 2 aromatic rings. The Hall–Kier alpha value is -2.14. The third kappa shape index (κ3) is 4.92. The van der Waals surface area contributed by atoms with Crippen LogP contribution in [-0.2, 0) is 0 Å². The van der Waals surface area contributed by atoms with Crippen LogP contribution >= 0.6 is 0 Å². The summed E-state index contributed by atoms with van der Waals surface area (Å²) < 4.78 is 0. The first-order valence-corrected chi connectivity index (χ1v) is 9.20. The molecule has 0 spiro atoms. The van der Waals surface area contributed by atoms with Gasteiger partial charge in [-0.05, 0) is 32.9 Å². The third-order valence-corrected chi connectivity index (χ3v) is 4.61. The van der Waals surface area contributed by atoms with Gasteiger partial charge in [-0.25, -0.2) is 4.98 Å². The first kappa shape index (κ1) is 17.7. The number of nitrogens with zero attached hydrogens (tertiary/aromatic N) is 4. The van der Waals surface area contributed by atoms with E-state index in [9.17, 15) is 0 Å². The molecule has 2 heterocycles. The second kappa shape index (κ2) is 8.30. The third-order valence-electron chi connectivity index (χ3n) is 4.61. The van der Waals surface area contributed by atoms with Crippen molar-refractivity contribution in [1.29, 1.82) is 0 Å². The highest BCUT2D eigenvalue weighted by atomic mass is 15.2. The van der Waals surface area contributed by atoms with Crippen LogP contribution in [0.15, 0.2) is 36.4 Å². The van der Waals surface area contributed by atoms with Crippen molar-refractivity contribution < 1.29 is 0 Å². The summed E-state index contributed by atoms with van der Waals surface area (Å²) in [6, 6.07) is 12.5. The van der Waals surface area contributed by atoms with E-state index < -0.39 is 0 Å². The summed E-state index contributed by atoms with van der Waals surface area (Å²) in [7, 11) is 4.15. The summed E-state index contributed by atoms with van der Waals surface area (Å²) >= 11 is 0. The van der Waals surface area contributed by atoms with Crippen molar-refractivity contribution in [2.24, 2.45) is 5.92 Å². The SMILES string of the molecule is CC1CCCN(c2cc(-c3ccccc3)nc(NCCN(C)C)n2)C1. The number of rotatable bonds is 6. The van der Waals surface area contributed by atoms with E-state index in [0.29, 0.717) is 5.92 Å². The molecule has 0 amide bonds. The number of likely N-dealkylation sites (N-methyl/N-ethyl adjacent to an activating group) is 1. The number of hydrogen-bond acceptors (Lipinski definition) is 5. The van der Waals surface area contributed by atoms with E-state index >= 15 is 0 Å². The van der Waals surface area contributed by atoms with Crippen LogP contribution in [-0.4, -0.2) is 55.1 Å². The van der Waals surface area contributed by atoms with Crippen LogP contribution in [0.4, 0.5) is 11.8 Å². The molecule has 1 fully saturated rings. The molecule has 1 saturated heterocycles. The Balaban J connectivity index is 1.87. The fraction of sp³-hybridized carbons (Fsp3) is 0.500. The average molecular weight is 339 g/mol. The number of piperidine rings is 1. The van der Waals surface area contributed by atoms with Crippen LogP contribution in [0.25, 0.3) is 11.3 Å². The number of benzene rings is 1. The van der Waals surface area contributed by atoms with Gasteiger partial charge in [0, 0.05) is 37.8 Å². The highest BCUT2D eigenvalue weighted by Gasteiger charge is 2.19. The standard InChI is InChI=1S/C20H29N5/c1-16-8-7-12-25(15-16)19-14-18(17-9-5-4-6-10-17)22-20(23-19)21-11-13-24(2)3/h4-6,9-10,14,16H,7-8,11-13,15H2,1-3H3,(H,21,22,23). The molecule has 0 bridgehead atoms. The molecule has 1 aromatic carbocycles. The summed E-state index contributed by atoms with van der Waals surface area (Å²) in [5.41, 5.74) is 2.11. The second-order valence-electron chi connectivity index (χ2n) is 7.22. The number of hydrogen-bond donors (Lipinski definition) is 1. The van der Waals surface area contributed by atoms with Crippen LogP contribution in [0, 0.1) is 5.92 Å². The van der Waals surface area contributed by atoms with E-state index in [1.165, 1.54) is 12.8 Å². The summed E-state index contributed by atoms with van der Waals surface area (Å²) in [4.78, 5) is 14.1. The zero-order chi connectivity index (χ0) is 17.6. The smallest absolute Gasteiger partial charge is 0.225 e. The first-order valence-electron chi connectivity index (χ1n) is 9.20. The van der Waals surface area contributed by atoms with Gasteiger partial charge in [0.15, 0.2) is 0 Å². The quantitative estimate of drug-likeness (QED) is 0.874. The molecule has 25 heavy (non-hydrogen) atoms. The maximum absolute atomic E-state index is 4.80. The van der Waals surface area contributed by atoms with Gasteiger partial charge in [0.25, 0.3) is 0 Å². The van der Waals surface area contributed by atoms with Gasteiger partial charge in [-0.1, -0.05) is 37.3 Å². The molecular formula is C20H29N5. The second-order valence-corrected chi connectivity index (χ2v) is 7.22. The molecule has 1 unspecified atom stereocenters. The molecule has 1 N–H and O–H groups in total. The summed E-state index contributed by atoms with van der Waals surface area (Å²) in [5.74, 6) is 2.47. The van der Waals surface area contributed by atoms with Gasteiger partial charge in [0.2, 0.25) is 5.95 Å². The maximum Gasteiger partial charge on any atom is 0.225 e. The zero-order valence-electron chi connectivity index (χ0n) is 15.6. The lowest BCUT2D eigenvalue weighted by Crippen LogP contribution is -2.35. The monoisotopic (exact) mass is 339 g/mol. The van der Waals surface area contributed by atoms with Crippen molar-refractivity contribution in [3.8, 4) is 11.3 Å². The van der Waals surface area contributed by atoms with Crippen LogP contribution in [0.5, 0.6) is 0 Å². The average Bonchev–Trinajstić information content (AvgIpc) is 2.62. The van der Waals surface area contributed by atoms with Gasteiger partial charge in [-0.3, -0.25) is 0 Å². The van der Waals surface area contributed by atoms with E-state index in [4.69, 9.17) is 9.97 Å². The van der Waals surface area contributed by atoms with Gasteiger partial charge in [0.1, 0.15) is 5.82 Å². The Labute approximate surface area is 151 Å². The van der Waals surface area contributed by atoms with Crippen molar-refractivity contribution in [3.05, 3.63) is 36.4 Å². The van der Waals surface area contributed by atoms with Crippen molar-refractivity contribution in [1.82, 2.24) is 14.9 Å². The largest absolute Gasteiger partial charge is 0.356 e. The molecule has 3 rings (SSSR count). The molecule has 1 aliphatic rings. The molecule has 1 aliphatic heterocycles. The van der Waals surface area contributed by atoms with Gasteiger partial charge in [-0.15, -0.1) is 0 Å². The van der Waals surface area contributed by atoms with Gasteiger partial charge >= 0.3 is 0 Å². The molecule has 0 saturated carbocycles. The van der Waals surface area contributed by atoms with E-state index in [1.807, 2.05) is 6.07 Å². The van der Waals surface area contributed by atoms with E-state index in [0.717, 1.165) is 49.2 Å². The Morgan fingerprint density at radius 2 is 2.00 bits per heavy atom. The van der Waals surface area contributed by atoms with Crippen LogP contribution < -0.4 is 10.2 Å². The van der Waals surface area contributed by atoms with Gasteiger partial charge < -0.3 is 15.1 Å². The summed E-state index contributed by atoms with van der Waals surface area (Å²) in [6.45, 7) is 6.26. The number of nitrogens with one attached hydrogen (secondary N) is 1. The van der Waals surface area contributed by atoms with Gasteiger partial charge in [0.05, 0.1) is 5.69 Å². The molecule has 1 aromatic heterocycles. The lowest BCUT2D eigenvalue weighted by molar-refractivity contribution is 0.424. The van der Waals surface area contributed by atoms with Crippen LogP contribution in [0.2, 0.25) is 0 Å². The highest BCUT2D eigenvalue weighted by Crippen LogP contribution is 2.26. The summed E-state index contributed by atoms with van der Waals surface area (Å²) in [5, 5.41) is 3.39. The van der Waals surface area contributed by atoms with Crippen LogP contribution in [0.1, 0.15) is 19.8 Å². The Kier molecular flexibility index (Phi) is 5.87. The fourth-order valence-corrected chi connectivity index (χ4v) is 3.22. The molecule has 5 heteroatoms. The molecule has 5 nitrogen and oxygen atoms in total. The van der Waals surface area contributed by atoms with E-state index in [-0.39, 0.29) is 0 Å². The molecule has 134 valence electrons. The molecule has 0 radical (unpaired) electrons. The Morgan fingerprint density at radius 3 is 2.72 bits per heavy atom. The lowest BCUT2D eigenvalue weighted by Gasteiger charge is -2.32. The molecular weight excluding hydrogens is 310 g/mol. The Bertz CT molecular complexity index is 671. The molecule has 1 atom stereocenters. The Morgan fingerprint density at radius 1 is 1.20 bits per heavy atom. The number of anilines is 2. The van der Waals surface area contributed by atoms with E-state index in [2.05, 4.69) is 66.5 Å². The highest BCUT2D eigenvalue weighted by molar-refractivity contribution is 5.64. The maximum atomic E-state index is 4.80. The molecule has 0 aliphatic carbocycles. The topological polar surface area (TPSA) is 44.3 Å². The zero-order valence-corrected chi connectivity index (χ0v) is 15.6. The predicted molar refractivity (Wildman–Crippen MR) is 105 cm³/mol. The van der Waals surface area contributed by atoms with E-state index in [1.54, 1.807) is 0 Å². The fourth-order valence-electron chi connectivity index (χ4n) is 3.22. The van der Waals surface area contributed by atoms with Crippen molar-refractivity contribution >= 4 is 11.8 Å². The normalized spacial score (nSPS) is 17.8. The van der Waals surface area contributed by atoms with Gasteiger partial charge in [-0.2, -0.15) is 4.98 Å². The lowest BCUT2D eigenvalue weighted by atomic mass is 10.0. The van der Waals surface area contributed by atoms with Crippen molar-refractivity contribution in [2.45, 2.75) is 19.8 Å². The minimum Gasteiger partial charge on any atom is -0.356 e. The summed E-state index contributed by atoms with van der Waals surface area (Å²) in [6.07, 6.45) is 2.54. The predicted octanol–water partition coefficient (Wildman–Crippen LogP) is 3.35. The number of aromatic nitrogens is 2. The van der Waals surface area contributed by atoms with Crippen molar-refractivity contribution in [2.75, 3.05) is 50.5 Å². The van der Waals surface area contributed by atoms with Crippen LogP contribution in [0.3, 0.4) is 0 Å².